The maximum atomic E-state index is 12.2. The van der Waals surface area contributed by atoms with Crippen molar-refractivity contribution in [2.24, 2.45) is 7.05 Å². The van der Waals surface area contributed by atoms with Crippen molar-refractivity contribution in [3.05, 3.63) is 11.9 Å². The van der Waals surface area contributed by atoms with E-state index in [0.29, 0.717) is 10.6 Å². The molecule has 1 aliphatic carbocycles. The first-order chi connectivity index (χ1) is 7.99. The van der Waals surface area contributed by atoms with E-state index in [4.69, 9.17) is 0 Å². The Bertz CT molecular complexity index is 487. The molecule has 5 nitrogen and oxygen atoms in total. The van der Waals surface area contributed by atoms with Gasteiger partial charge in [-0.15, -0.1) is 0 Å². The molecule has 1 N–H and O–H groups in total. The predicted molar refractivity (Wildman–Crippen MR) is 65.1 cm³/mol. The predicted octanol–water partition coefficient (Wildman–Crippen LogP) is 1.34. The lowest BCUT2D eigenvalue weighted by Gasteiger charge is -2.22. The lowest BCUT2D eigenvalue weighted by molar-refractivity contribution is 0.412. The fourth-order valence-corrected chi connectivity index (χ4v) is 3.87. The molecule has 17 heavy (non-hydrogen) atoms. The van der Waals surface area contributed by atoms with Gasteiger partial charge < -0.3 is 0 Å². The van der Waals surface area contributed by atoms with Gasteiger partial charge in [0.15, 0.2) is 0 Å². The van der Waals surface area contributed by atoms with E-state index in [1.54, 1.807) is 20.2 Å². The molecule has 0 aromatic carbocycles. The zero-order valence-corrected chi connectivity index (χ0v) is 11.1. The van der Waals surface area contributed by atoms with Gasteiger partial charge in [0.1, 0.15) is 4.90 Å². The third kappa shape index (κ3) is 2.87. The van der Waals surface area contributed by atoms with Gasteiger partial charge in [-0.1, -0.05) is 19.3 Å². The van der Waals surface area contributed by atoms with Crippen LogP contribution in [0.1, 0.15) is 37.8 Å². The summed E-state index contributed by atoms with van der Waals surface area (Å²) in [7, 11) is -1.67. The van der Waals surface area contributed by atoms with Crippen molar-refractivity contribution in [2.75, 3.05) is 0 Å². The molecule has 2 rings (SSSR count). The van der Waals surface area contributed by atoms with Crippen molar-refractivity contribution in [1.82, 2.24) is 14.5 Å². The molecule has 0 spiro atoms. The lowest BCUT2D eigenvalue weighted by Crippen LogP contribution is -2.36. The molecule has 0 aliphatic heterocycles. The molecule has 1 aliphatic rings. The highest BCUT2D eigenvalue weighted by molar-refractivity contribution is 7.89. The number of aryl methyl sites for hydroxylation is 2. The molecule has 0 unspecified atom stereocenters. The summed E-state index contributed by atoms with van der Waals surface area (Å²) in [5.41, 5.74) is 0.552. The number of nitrogens with zero attached hydrogens (tertiary/aromatic N) is 2. The number of hydrogen-bond donors (Lipinski definition) is 1. The topological polar surface area (TPSA) is 64.0 Å². The van der Waals surface area contributed by atoms with E-state index in [0.717, 1.165) is 25.7 Å². The van der Waals surface area contributed by atoms with Crippen molar-refractivity contribution >= 4 is 10.0 Å². The molecule has 0 bridgehead atoms. The van der Waals surface area contributed by atoms with Gasteiger partial charge in [-0.05, 0) is 19.8 Å². The molecule has 0 atom stereocenters. The average Bonchev–Trinajstić information content (AvgIpc) is 2.59. The Labute approximate surface area is 102 Å². The zero-order chi connectivity index (χ0) is 12.5. The Morgan fingerprint density at radius 3 is 2.53 bits per heavy atom. The number of aromatic nitrogens is 2. The molecule has 0 saturated heterocycles. The van der Waals surface area contributed by atoms with E-state index in [1.165, 1.54) is 11.1 Å². The summed E-state index contributed by atoms with van der Waals surface area (Å²) < 4.78 is 28.7. The monoisotopic (exact) mass is 257 g/mol. The fraction of sp³-hybridized carbons (Fsp3) is 0.727. The summed E-state index contributed by atoms with van der Waals surface area (Å²) in [5, 5.41) is 4.07. The largest absolute Gasteiger partial charge is 0.274 e. The highest BCUT2D eigenvalue weighted by Crippen LogP contribution is 2.20. The van der Waals surface area contributed by atoms with E-state index < -0.39 is 10.0 Å². The Morgan fingerprint density at radius 1 is 1.35 bits per heavy atom. The van der Waals surface area contributed by atoms with E-state index in [9.17, 15) is 8.42 Å². The first kappa shape index (κ1) is 12.6. The second-order valence-electron chi connectivity index (χ2n) is 4.71. The number of hydrogen-bond acceptors (Lipinski definition) is 3. The van der Waals surface area contributed by atoms with Crippen LogP contribution in [-0.2, 0) is 17.1 Å². The van der Waals surface area contributed by atoms with Gasteiger partial charge in [0.05, 0.1) is 5.69 Å². The molecular weight excluding hydrogens is 238 g/mol. The average molecular weight is 257 g/mol. The van der Waals surface area contributed by atoms with Crippen LogP contribution in [-0.4, -0.2) is 24.2 Å². The second kappa shape index (κ2) is 4.78. The molecule has 1 fully saturated rings. The van der Waals surface area contributed by atoms with Crippen molar-refractivity contribution < 1.29 is 8.42 Å². The summed E-state index contributed by atoms with van der Waals surface area (Å²) >= 11 is 0. The summed E-state index contributed by atoms with van der Waals surface area (Å²) in [4.78, 5) is 0.297. The summed E-state index contributed by atoms with van der Waals surface area (Å²) in [6.45, 7) is 1.72. The van der Waals surface area contributed by atoms with Crippen LogP contribution in [0.15, 0.2) is 11.1 Å². The highest BCUT2D eigenvalue weighted by atomic mass is 32.2. The number of nitrogens with one attached hydrogen (secondary N) is 1. The molecule has 1 aromatic heterocycles. The lowest BCUT2D eigenvalue weighted by atomic mass is 9.96. The van der Waals surface area contributed by atoms with Gasteiger partial charge in [-0.25, -0.2) is 13.1 Å². The van der Waals surface area contributed by atoms with Crippen LogP contribution >= 0.6 is 0 Å². The highest BCUT2D eigenvalue weighted by Gasteiger charge is 2.24. The minimum atomic E-state index is -3.40. The van der Waals surface area contributed by atoms with Crippen LogP contribution in [0.4, 0.5) is 0 Å². The molecule has 1 saturated carbocycles. The number of sulfonamides is 1. The zero-order valence-electron chi connectivity index (χ0n) is 10.3. The van der Waals surface area contributed by atoms with Gasteiger partial charge in [0.25, 0.3) is 0 Å². The quantitative estimate of drug-likeness (QED) is 0.888. The minimum absolute atomic E-state index is 0.0911. The van der Waals surface area contributed by atoms with Crippen molar-refractivity contribution in [2.45, 2.75) is 50.0 Å². The van der Waals surface area contributed by atoms with Gasteiger partial charge in [0, 0.05) is 19.3 Å². The molecule has 1 heterocycles. The molecule has 1 aromatic rings. The van der Waals surface area contributed by atoms with Crippen LogP contribution in [0.3, 0.4) is 0 Å². The Kier molecular flexibility index (Phi) is 3.53. The summed E-state index contributed by atoms with van der Waals surface area (Å²) in [6.07, 6.45) is 6.88. The van der Waals surface area contributed by atoms with Crippen LogP contribution < -0.4 is 4.72 Å². The van der Waals surface area contributed by atoms with Crippen LogP contribution in [0.25, 0.3) is 0 Å². The van der Waals surface area contributed by atoms with Crippen molar-refractivity contribution in [3.63, 3.8) is 0 Å². The van der Waals surface area contributed by atoms with Crippen LogP contribution in [0.2, 0.25) is 0 Å². The van der Waals surface area contributed by atoms with Gasteiger partial charge in [0.2, 0.25) is 10.0 Å². The Balaban J connectivity index is 2.15. The number of rotatable bonds is 3. The minimum Gasteiger partial charge on any atom is -0.274 e. The summed E-state index contributed by atoms with van der Waals surface area (Å²) in [6, 6.07) is 0.0911. The third-order valence-corrected chi connectivity index (χ3v) is 4.81. The van der Waals surface area contributed by atoms with E-state index in [1.807, 2.05) is 0 Å². The second-order valence-corrected chi connectivity index (χ2v) is 6.39. The standard InChI is InChI=1S/C11H19N3O2S/c1-9-11(8-14(2)12-9)17(15,16)13-10-6-4-3-5-7-10/h8,10,13H,3-7H2,1-2H3. The third-order valence-electron chi connectivity index (χ3n) is 3.18. The van der Waals surface area contributed by atoms with E-state index >= 15 is 0 Å². The molecule has 0 amide bonds. The van der Waals surface area contributed by atoms with Gasteiger partial charge >= 0.3 is 0 Å². The maximum absolute atomic E-state index is 12.2. The van der Waals surface area contributed by atoms with Gasteiger partial charge in [-0.2, -0.15) is 5.10 Å². The van der Waals surface area contributed by atoms with Crippen LogP contribution in [0.5, 0.6) is 0 Å². The molecule has 96 valence electrons. The smallest absolute Gasteiger partial charge is 0.244 e. The first-order valence-corrected chi connectivity index (χ1v) is 7.50. The van der Waals surface area contributed by atoms with Crippen LogP contribution in [0, 0.1) is 6.92 Å². The fourth-order valence-electron chi connectivity index (χ4n) is 2.35. The summed E-state index contributed by atoms with van der Waals surface area (Å²) in [5.74, 6) is 0. The first-order valence-electron chi connectivity index (χ1n) is 6.01. The van der Waals surface area contributed by atoms with Crippen molar-refractivity contribution in [1.29, 1.82) is 0 Å². The Morgan fingerprint density at radius 2 is 2.00 bits per heavy atom. The van der Waals surface area contributed by atoms with Crippen molar-refractivity contribution in [3.8, 4) is 0 Å². The molecule has 0 radical (unpaired) electrons. The van der Waals surface area contributed by atoms with E-state index in [-0.39, 0.29) is 6.04 Å². The molecule has 6 heteroatoms. The van der Waals surface area contributed by atoms with Gasteiger partial charge in [-0.3, -0.25) is 4.68 Å². The Hall–Kier alpha value is -0.880. The molecular formula is C11H19N3O2S. The SMILES string of the molecule is Cc1nn(C)cc1S(=O)(=O)NC1CCCCC1. The van der Waals surface area contributed by atoms with E-state index in [2.05, 4.69) is 9.82 Å². The maximum Gasteiger partial charge on any atom is 0.244 e. The normalized spacial score (nSPS) is 18.5.